The topological polar surface area (TPSA) is 45.7 Å². The maximum absolute atomic E-state index is 5.64. The Labute approximate surface area is 144 Å². The molecule has 0 bridgehead atoms. The molecule has 0 aliphatic heterocycles. The molecular weight excluding hydrogens is 377 g/mol. The molecule has 1 aliphatic rings. The first-order chi connectivity index (χ1) is 9.88. The van der Waals surface area contributed by atoms with E-state index in [2.05, 4.69) is 34.7 Å². The van der Waals surface area contributed by atoms with Crippen LogP contribution in [-0.2, 0) is 11.3 Å². The lowest BCUT2D eigenvalue weighted by Gasteiger charge is -2.11. The van der Waals surface area contributed by atoms with Crippen LogP contribution in [0.3, 0.4) is 0 Å². The van der Waals surface area contributed by atoms with Crippen LogP contribution in [0.15, 0.2) is 35.3 Å². The highest BCUT2D eigenvalue weighted by molar-refractivity contribution is 14.0. The van der Waals surface area contributed by atoms with Crippen LogP contribution in [0.25, 0.3) is 0 Å². The molecule has 2 rings (SSSR count). The third-order valence-electron chi connectivity index (χ3n) is 3.20. The average molecular weight is 403 g/mol. The molecular formula is C16H26IN3O. The van der Waals surface area contributed by atoms with E-state index in [9.17, 15) is 0 Å². The summed E-state index contributed by atoms with van der Waals surface area (Å²) in [5.74, 6) is 1.72. The normalized spacial score (nSPS) is 14.4. The predicted molar refractivity (Wildman–Crippen MR) is 98.2 cm³/mol. The molecule has 21 heavy (non-hydrogen) atoms. The Morgan fingerprint density at radius 3 is 2.67 bits per heavy atom. The summed E-state index contributed by atoms with van der Waals surface area (Å²) in [6, 6.07) is 10.2. The van der Waals surface area contributed by atoms with E-state index in [1.807, 2.05) is 18.2 Å². The summed E-state index contributed by atoms with van der Waals surface area (Å²) in [5.41, 5.74) is 1.21. The SMILES string of the molecule is CCNC(=NCC1CC1)NCCOCc1ccccc1.I. The van der Waals surface area contributed by atoms with Gasteiger partial charge >= 0.3 is 0 Å². The number of ether oxygens (including phenoxy) is 1. The van der Waals surface area contributed by atoms with E-state index in [0.717, 1.165) is 31.5 Å². The van der Waals surface area contributed by atoms with Crippen LogP contribution < -0.4 is 10.6 Å². The zero-order valence-corrected chi connectivity index (χ0v) is 15.0. The summed E-state index contributed by atoms with van der Waals surface area (Å²) in [6.45, 7) is 6.05. The molecule has 1 fully saturated rings. The molecule has 0 heterocycles. The zero-order valence-electron chi connectivity index (χ0n) is 12.7. The van der Waals surface area contributed by atoms with Crippen molar-refractivity contribution < 1.29 is 4.74 Å². The first-order valence-corrected chi connectivity index (χ1v) is 7.52. The lowest BCUT2D eigenvalue weighted by atomic mass is 10.2. The fourth-order valence-electron chi connectivity index (χ4n) is 1.87. The minimum atomic E-state index is 0. The third kappa shape index (κ3) is 8.26. The number of aliphatic imine (C=N–C) groups is 1. The van der Waals surface area contributed by atoms with Crippen LogP contribution in [0.5, 0.6) is 0 Å². The highest BCUT2D eigenvalue weighted by atomic mass is 127. The Hall–Kier alpha value is -0.820. The van der Waals surface area contributed by atoms with Crippen LogP contribution in [-0.4, -0.2) is 32.2 Å². The lowest BCUT2D eigenvalue weighted by Crippen LogP contribution is -2.39. The van der Waals surface area contributed by atoms with Gasteiger partial charge in [-0.15, -0.1) is 24.0 Å². The molecule has 118 valence electrons. The summed E-state index contributed by atoms with van der Waals surface area (Å²) in [6.07, 6.45) is 2.67. The number of halogens is 1. The predicted octanol–water partition coefficient (Wildman–Crippen LogP) is 2.79. The maximum atomic E-state index is 5.64. The Morgan fingerprint density at radius 1 is 1.24 bits per heavy atom. The van der Waals surface area contributed by atoms with Crippen molar-refractivity contribution in [3.63, 3.8) is 0 Å². The van der Waals surface area contributed by atoms with Crippen molar-refractivity contribution in [2.75, 3.05) is 26.2 Å². The Morgan fingerprint density at radius 2 is 2.00 bits per heavy atom. The van der Waals surface area contributed by atoms with Crippen LogP contribution in [0, 0.1) is 5.92 Å². The van der Waals surface area contributed by atoms with Gasteiger partial charge in [-0.3, -0.25) is 4.99 Å². The van der Waals surface area contributed by atoms with Crippen LogP contribution >= 0.6 is 24.0 Å². The van der Waals surface area contributed by atoms with E-state index in [1.165, 1.54) is 18.4 Å². The highest BCUT2D eigenvalue weighted by Crippen LogP contribution is 2.28. The molecule has 0 radical (unpaired) electrons. The van der Waals surface area contributed by atoms with Crippen molar-refractivity contribution in [2.24, 2.45) is 10.9 Å². The van der Waals surface area contributed by atoms with Crippen LogP contribution in [0.2, 0.25) is 0 Å². The summed E-state index contributed by atoms with van der Waals surface area (Å²) < 4.78 is 5.64. The van der Waals surface area contributed by atoms with E-state index in [-0.39, 0.29) is 24.0 Å². The summed E-state index contributed by atoms with van der Waals surface area (Å²) >= 11 is 0. The van der Waals surface area contributed by atoms with Gasteiger partial charge in [0, 0.05) is 19.6 Å². The van der Waals surface area contributed by atoms with Gasteiger partial charge in [-0.1, -0.05) is 30.3 Å². The highest BCUT2D eigenvalue weighted by Gasteiger charge is 2.20. The molecule has 1 aliphatic carbocycles. The number of hydrogen-bond donors (Lipinski definition) is 2. The quantitative estimate of drug-likeness (QED) is 0.304. The van der Waals surface area contributed by atoms with Crippen molar-refractivity contribution in [1.82, 2.24) is 10.6 Å². The molecule has 0 aromatic heterocycles. The first kappa shape index (κ1) is 18.2. The van der Waals surface area contributed by atoms with E-state index in [0.29, 0.717) is 13.2 Å². The Bertz CT molecular complexity index is 407. The number of nitrogens with zero attached hydrogens (tertiary/aromatic N) is 1. The van der Waals surface area contributed by atoms with E-state index in [1.54, 1.807) is 0 Å². The van der Waals surface area contributed by atoms with Crippen molar-refractivity contribution in [1.29, 1.82) is 0 Å². The van der Waals surface area contributed by atoms with Crippen molar-refractivity contribution >= 4 is 29.9 Å². The lowest BCUT2D eigenvalue weighted by molar-refractivity contribution is 0.125. The largest absolute Gasteiger partial charge is 0.375 e. The summed E-state index contributed by atoms with van der Waals surface area (Å²) in [7, 11) is 0. The van der Waals surface area contributed by atoms with Gasteiger partial charge in [-0.2, -0.15) is 0 Å². The zero-order chi connectivity index (χ0) is 14.0. The van der Waals surface area contributed by atoms with E-state index < -0.39 is 0 Å². The number of nitrogens with one attached hydrogen (secondary N) is 2. The second kappa shape index (κ2) is 10.8. The van der Waals surface area contributed by atoms with Gasteiger partial charge in [0.1, 0.15) is 0 Å². The Kier molecular flexibility index (Phi) is 9.41. The van der Waals surface area contributed by atoms with Gasteiger partial charge in [0.05, 0.1) is 13.2 Å². The molecule has 0 spiro atoms. The summed E-state index contributed by atoms with van der Waals surface area (Å²) in [4.78, 5) is 4.57. The van der Waals surface area contributed by atoms with Gasteiger partial charge in [0.15, 0.2) is 5.96 Å². The standard InChI is InChI=1S/C16H25N3O.HI/c1-2-17-16(19-12-14-8-9-14)18-10-11-20-13-15-6-4-3-5-7-15;/h3-7,14H,2,8-13H2,1H3,(H2,17,18,19);1H. The summed E-state index contributed by atoms with van der Waals surface area (Å²) in [5, 5.41) is 6.56. The third-order valence-corrected chi connectivity index (χ3v) is 3.20. The molecule has 0 amide bonds. The van der Waals surface area contributed by atoms with E-state index >= 15 is 0 Å². The average Bonchev–Trinajstić information content (AvgIpc) is 3.29. The number of hydrogen-bond acceptors (Lipinski definition) is 2. The molecule has 1 aromatic rings. The molecule has 2 N–H and O–H groups in total. The fraction of sp³-hybridized carbons (Fsp3) is 0.562. The van der Waals surface area contributed by atoms with Crippen LogP contribution in [0.1, 0.15) is 25.3 Å². The van der Waals surface area contributed by atoms with Gasteiger partial charge in [-0.05, 0) is 31.2 Å². The molecule has 4 nitrogen and oxygen atoms in total. The molecule has 5 heteroatoms. The van der Waals surface area contributed by atoms with Crippen molar-refractivity contribution in [3.05, 3.63) is 35.9 Å². The first-order valence-electron chi connectivity index (χ1n) is 7.52. The Balaban J connectivity index is 0.00000220. The number of rotatable bonds is 8. The number of benzene rings is 1. The van der Waals surface area contributed by atoms with Gasteiger partial charge in [0.25, 0.3) is 0 Å². The molecule has 1 saturated carbocycles. The minimum absolute atomic E-state index is 0. The maximum Gasteiger partial charge on any atom is 0.191 e. The fourth-order valence-corrected chi connectivity index (χ4v) is 1.87. The van der Waals surface area contributed by atoms with Crippen molar-refractivity contribution in [3.8, 4) is 0 Å². The minimum Gasteiger partial charge on any atom is -0.375 e. The van der Waals surface area contributed by atoms with Gasteiger partial charge < -0.3 is 15.4 Å². The van der Waals surface area contributed by atoms with E-state index in [4.69, 9.17) is 4.74 Å². The van der Waals surface area contributed by atoms with Crippen molar-refractivity contribution in [2.45, 2.75) is 26.4 Å². The molecule has 1 aromatic carbocycles. The van der Waals surface area contributed by atoms with Crippen LogP contribution in [0.4, 0.5) is 0 Å². The monoisotopic (exact) mass is 403 g/mol. The second-order valence-corrected chi connectivity index (χ2v) is 5.13. The molecule has 0 saturated heterocycles. The smallest absolute Gasteiger partial charge is 0.191 e. The van der Waals surface area contributed by atoms with Gasteiger partial charge in [-0.25, -0.2) is 0 Å². The number of guanidine groups is 1. The van der Waals surface area contributed by atoms with Gasteiger partial charge in [0.2, 0.25) is 0 Å². The molecule has 0 unspecified atom stereocenters. The second-order valence-electron chi connectivity index (χ2n) is 5.13. The molecule has 0 atom stereocenters.